The molecule has 0 amide bonds. The molecule has 1 aromatic carbocycles. The van der Waals surface area contributed by atoms with Crippen LogP contribution in [0.25, 0.3) is 10.2 Å². The zero-order chi connectivity index (χ0) is 16.6. The van der Waals surface area contributed by atoms with Crippen LogP contribution in [0.1, 0.15) is 21.5 Å². The number of rotatable bonds is 4. The fraction of sp³-hybridized carbons (Fsp3) is 0.235. The van der Waals surface area contributed by atoms with Crippen molar-refractivity contribution in [1.82, 2.24) is 9.55 Å². The number of aryl methyl sites for hydroxylation is 2. The Morgan fingerprint density at radius 2 is 2.09 bits per heavy atom. The lowest BCUT2D eigenvalue weighted by atomic mass is 10.0. The number of carbonyl (C=O) groups is 1. The number of benzene rings is 1. The molecule has 0 spiro atoms. The molecule has 0 bridgehead atoms. The molecule has 0 atom stereocenters. The van der Waals surface area contributed by atoms with Crippen LogP contribution in [0.15, 0.2) is 39.6 Å². The highest BCUT2D eigenvalue weighted by atomic mass is 32.2. The van der Waals surface area contributed by atoms with Gasteiger partial charge in [0.1, 0.15) is 4.83 Å². The van der Waals surface area contributed by atoms with Gasteiger partial charge in [-0.15, -0.1) is 11.3 Å². The third-order valence-corrected chi connectivity index (χ3v) is 5.52. The van der Waals surface area contributed by atoms with Crippen LogP contribution >= 0.6 is 23.1 Å². The number of fused-ring (bicyclic) bond motifs is 1. The number of thiophene rings is 1. The topological polar surface area (TPSA) is 52.0 Å². The van der Waals surface area contributed by atoms with Crippen molar-refractivity contribution < 1.29 is 4.79 Å². The molecule has 6 heteroatoms. The lowest BCUT2D eigenvalue weighted by molar-refractivity contribution is 0.102. The second-order valence-electron chi connectivity index (χ2n) is 5.43. The van der Waals surface area contributed by atoms with Gasteiger partial charge in [0.25, 0.3) is 5.56 Å². The summed E-state index contributed by atoms with van der Waals surface area (Å²) in [7, 11) is 1.69. The molecular weight excluding hydrogens is 328 g/mol. The SMILES string of the molecule is Cc1ccc(C(=O)CSc2nc3sccc3c(=O)n2C)c(C)c1. The summed E-state index contributed by atoms with van der Waals surface area (Å²) < 4.78 is 1.51. The van der Waals surface area contributed by atoms with E-state index in [0.717, 1.165) is 21.5 Å². The number of hydrogen-bond donors (Lipinski definition) is 0. The summed E-state index contributed by atoms with van der Waals surface area (Å²) in [5.41, 5.74) is 2.77. The average Bonchev–Trinajstić information content (AvgIpc) is 2.97. The zero-order valence-electron chi connectivity index (χ0n) is 13.1. The van der Waals surface area contributed by atoms with Crippen LogP contribution in [0.5, 0.6) is 0 Å². The minimum absolute atomic E-state index is 0.0491. The molecule has 3 rings (SSSR count). The molecule has 23 heavy (non-hydrogen) atoms. The lowest BCUT2D eigenvalue weighted by Crippen LogP contribution is -2.19. The molecule has 2 aromatic heterocycles. The first-order chi connectivity index (χ1) is 11.0. The molecule has 0 aliphatic rings. The lowest BCUT2D eigenvalue weighted by Gasteiger charge is -2.08. The van der Waals surface area contributed by atoms with Crippen LogP contribution in [0.3, 0.4) is 0 Å². The summed E-state index contributed by atoms with van der Waals surface area (Å²) in [6.07, 6.45) is 0. The largest absolute Gasteiger partial charge is 0.293 e. The van der Waals surface area contributed by atoms with Gasteiger partial charge in [0.2, 0.25) is 0 Å². The van der Waals surface area contributed by atoms with Gasteiger partial charge in [-0.2, -0.15) is 0 Å². The van der Waals surface area contributed by atoms with Crippen molar-refractivity contribution in [2.24, 2.45) is 7.05 Å². The van der Waals surface area contributed by atoms with Crippen LogP contribution in [0.4, 0.5) is 0 Å². The summed E-state index contributed by atoms with van der Waals surface area (Å²) in [5.74, 6) is 0.314. The average molecular weight is 344 g/mol. The zero-order valence-corrected chi connectivity index (χ0v) is 14.8. The van der Waals surface area contributed by atoms with Crippen molar-refractivity contribution in [3.63, 3.8) is 0 Å². The molecule has 0 saturated heterocycles. The highest BCUT2D eigenvalue weighted by molar-refractivity contribution is 7.99. The molecule has 2 heterocycles. The summed E-state index contributed by atoms with van der Waals surface area (Å²) in [6, 6.07) is 7.59. The van der Waals surface area contributed by atoms with Crippen LogP contribution in [0.2, 0.25) is 0 Å². The summed E-state index contributed by atoms with van der Waals surface area (Å²) >= 11 is 2.74. The van der Waals surface area contributed by atoms with Gasteiger partial charge in [0, 0.05) is 12.6 Å². The number of hydrogen-bond acceptors (Lipinski definition) is 5. The second kappa shape index (κ2) is 6.29. The Labute approximate surface area is 142 Å². The Hall–Kier alpha value is -1.92. The molecule has 0 aliphatic heterocycles. The Bertz CT molecular complexity index is 957. The molecule has 0 radical (unpaired) electrons. The van der Waals surface area contributed by atoms with E-state index in [2.05, 4.69) is 4.98 Å². The molecule has 0 fully saturated rings. The number of aromatic nitrogens is 2. The highest BCUT2D eigenvalue weighted by Crippen LogP contribution is 2.22. The Kier molecular flexibility index (Phi) is 4.37. The van der Waals surface area contributed by atoms with Crippen molar-refractivity contribution in [2.45, 2.75) is 19.0 Å². The molecule has 0 saturated carbocycles. The van der Waals surface area contributed by atoms with Gasteiger partial charge < -0.3 is 0 Å². The number of thioether (sulfide) groups is 1. The Balaban J connectivity index is 1.84. The van der Waals surface area contributed by atoms with Crippen LogP contribution in [0, 0.1) is 13.8 Å². The first-order valence-electron chi connectivity index (χ1n) is 7.15. The van der Waals surface area contributed by atoms with Gasteiger partial charge in [0.15, 0.2) is 10.9 Å². The van der Waals surface area contributed by atoms with Crippen LogP contribution < -0.4 is 5.56 Å². The summed E-state index contributed by atoms with van der Waals surface area (Å²) in [5, 5.41) is 3.06. The van der Waals surface area contributed by atoms with E-state index in [1.54, 1.807) is 13.1 Å². The van der Waals surface area contributed by atoms with E-state index in [0.29, 0.717) is 10.5 Å². The smallest absolute Gasteiger partial charge is 0.262 e. The predicted molar refractivity (Wildman–Crippen MR) is 95.8 cm³/mol. The molecule has 4 nitrogen and oxygen atoms in total. The van der Waals surface area contributed by atoms with Gasteiger partial charge in [-0.3, -0.25) is 14.2 Å². The quantitative estimate of drug-likeness (QED) is 0.412. The van der Waals surface area contributed by atoms with Crippen LogP contribution in [-0.2, 0) is 7.05 Å². The maximum absolute atomic E-state index is 12.4. The first kappa shape index (κ1) is 16.0. The first-order valence-corrected chi connectivity index (χ1v) is 9.01. The minimum Gasteiger partial charge on any atom is -0.293 e. The monoisotopic (exact) mass is 344 g/mol. The maximum Gasteiger partial charge on any atom is 0.262 e. The van der Waals surface area contributed by atoms with Gasteiger partial charge in [-0.1, -0.05) is 35.5 Å². The van der Waals surface area contributed by atoms with E-state index in [9.17, 15) is 9.59 Å². The van der Waals surface area contributed by atoms with E-state index in [4.69, 9.17) is 0 Å². The third kappa shape index (κ3) is 3.09. The number of nitrogens with zero attached hydrogens (tertiary/aromatic N) is 2. The maximum atomic E-state index is 12.4. The number of ketones is 1. The molecular formula is C17H16N2O2S2. The number of carbonyl (C=O) groups excluding carboxylic acids is 1. The van der Waals surface area contributed by atoms with E-state index < -0.39 is 0 Å². The normalized spacial score (nSPS) is 11.1. The van der Waals surface area contributed by atoms with E-state index in [1.165, 1.54) is 27.7 Å². The number of Topliss-reactive ketones (excluding diaryl/α,β-unsaturated/α-hetero) is 1. The van der Waals surface area contributed by atoms with Crippen molar-refractivity contribution in [2.75, 3.05) is 5.75 Å². The fourth-order valence-electron chi connectivity index (χ4n) is 2.44. The summed E-state index contributed by atoms with van der Waals surface area (Å²) in [6.45, 7) is 3.95. The molecule has 3 aromatic rings. The molecule has 0 N–H and O–H groups in total. The highest BCUT2D eigenvalue weighted by Gasteiger charge is 2.14. The molecule has 0 aliphatic carbocycles. The molecule has 118 valence electrons. The molecule has 0 unspecified atom stereocenters. The third-order valence-electron chi connectivity index (χ3n) is 3.68. The Morgan fingerprint density at radius 1 is 1.30 bits per heavy atom. The van der Waals surface area contributed by atoms with Crippen molar-refractivity contribution in [3.8, 4) is 0 Å². The fourth-order valence-corrected chi connectivity index (χ4v) is 4.10. The van der Waals surface area contributed by atoms with Gasteiger partial charge >= 0.3 is 0 Å². The van der Waals surface area contributed by atoms with Crippen molar-refractivity contribution >= 4 is 39.1 Å². The van der Waals surface area contributed by atoms with Crippen molar-refractivity contribution in [1.29, 1.82) is 0 Å². The van der Waals surface area contributed by atoms with Gasteiger partial charge in [-0.25, -0.2) is 4.98 Å². The van der Waals surface area contributed by atoms with Crippen molar-refractivity contribution in [3.05, 3.63) is 56.7 Å². The summed E-state index contributed by atoms with van der Waals surface area (Å²) in [4.78, 5) is 29.9. The second-order valence-corrected chi connectivity index (χ2v) is 7.27. The minimum atomic E-state index is -0.0716. The predicted octanol–water partition coefficient (Wildman–Crippen LogP) is 3.59. The standard InChI is InChI=1S/C17H16N2O2S2/c1-10-4-5-12(11(2)8-10)14(20)9-23-17-18-15-13(6-7-22-15)16(21)19(17)3/h4-8H,9H2,1-3H3. The van der Waals surface area contributed by atoms with Crippen LogP contribution in [-0.4, -0.2) is 21.1 Å². The van der Waals surface area contributed by atoms with E-state index >= 15 is 0 Å². The van der Waals surface area contributed by atoms with Gasteiger partial charge in [0.05, 0.1) is 11.1 Å². The Morgan fingerprint density at radius 3 is 2.83 bits per heavy atom. The van der Waals surface area contributed by atoms with E-state index in [1.807, 2.05) is 37.4 Å². The van der Waals surface area contributed by atoms with E-state index in [-0.39, 0.29) is 17.1 Å². The van der Waals surface area contributed by atoms with Gasteiger partial charge in [-0.05, 0) is 30.9 Å².